The van der Waals surface area contributed by atoms with Crippen LogP contribution in [0.5, 0.6) is 5.75 Å². The maximum Gasteiger partial charge on any atom is 0.335 e. The number of aliphatic hydroxyl groups is 3. The Morgan fingerprint density at radius 3 is 1.79 bits per heavy atom. The molecule has 29 heavy (non-hydrogen) atoms. The van der Waals surface area contributed by atoms with E-state index in [1.54, 1.807) is 24.3 Å². The van der Waals surface area contributed by atoms with Crippen molar-refractivity contribution in [1.82, 2.24) is 0 Å². The molecule has 0 spiro atoms. The van der Waals surface area contributed by atoms with Gasteiger partial charge in [0.2, 0.25) is 0 Å². The van der Waals surface area contributed by atoms with Crippen LogP contribution < -0.4 is 0 Å². The second-order valence-corrected chi connectivity index (χ2v) is 7.45. The van der Waals surface area contributed by atoms with Gasteiger partial charge in [-0.25, -0.2) is 4.79 Å². The van der Waals surface area contributed by atoms with Gasteiger partial charge in [0.1, 0.15) is 5.75 Å². The smallest absolute Gasteiger partial charge is 0.335 e. The summed E-state index contributed by atoms with van der Waals surface area (Å²) < 4.78 is 0. The van der Waals surface area contributed by atoms with Crippen LogP contribution in [0.2, 0.25) is 0 Å². The summed E-state index contributed by atoms with van der Waals surface area (Å²) in [7, 11) is 0. The second-order valence-electron chi connectivity index (χ2n) is 7.45. The molecule has 0 unspecified atom stereocenters. The molecule has 150 valence electrons. The van der Waals surface area contributed by atoms with Gasteiger partial charge in [-0.15, -0.1) is 0 Å². The van der Waals surface area contributed by atoms with Gasteiger partial charge >= 0.3 is 11.9 Å². The molecular weight excluding hydrogens is 372 g/mol. The van der Waals surface area contributed by atoms with Crippen molar-refractivity contribution in [1.29, 1.82) is 0 Å². The maximum atomic E-state index is 11.3. The van der Waals surface area contributed by atoms with Gasteiger partial charge in [-0.2, -0.15) is 0 Å². The molecule has 0 atom stereocenters. The van der Waals surface area contributed by atoms with Crippen LogP contribution in [0.15, 0.2) is 66.7 Å². The molecule has 6 heteroatoms. The normalized spacial score (nSPS) is 12.0. The maximum absolute atomic E-state index is 11.3. The number of aromatic carboxylic acids is 1. The number of phenolic OH excluding ortho intramolecular Hbond substituents is 1. The summed E-state index contributed by atoms with van der Waals surface area (Å²) in [6, 6.07) is 17.8. The first-order valence-electron chi connectivity index (χ1n) is 8.95. The third-order valence-electron chi connectivity index (χ3n) is 5.13. The zero-order chi connectivity index (χ0) is 21.4. The molecule has 5 N–H and O–H groups in total. The number of hydrogen-bond acceptors (Lipinski definition) is 5. The molecule has 0 amide bonds. The van der Waals surface area contributed by atoms with Crippen molar-refractivity contribution < 1.29 is 30.3 Å². The highest BCUT2D eigenvalue weighted by atomic mass is 16.7. The van der Waals surface area contributed by atoms with Crippen molar-refractivity contribution in [2.24, 2.45) is 0 Å². The molecule has 0 aliphatic heterocycles. The predicted octanol–water partition coefficient (Wildman–Crippen LogP) is 3.17. The molecule has 0 aliphatic carbocycles. The fourth-order valence-electron chi connectivity index (χ4n) is 3.32. The summed E-state index contributed by atoms with van der Waals surface area (Å²) in [4.78, 5) is 11.3. The van der Waals surface area contributed by atoms with Gasteiger partial charge in [-0.1, -0.05) is 50.2 Å². The van der Waals surface area contributed by atoms with Crippen LogP contribution in [0.1, 0.15) is 40.9 Å². The number of benzene rings is 3. The average Bonchev–Trinajstić information content (AvgIpc) is 2.67. The molecule has 3 aromatic rings. The van der Waals surface area contributed by atoms with Crippen LogP contribution in [0, 0.1) is 0 Å². The molecule has 0 fully saturated rings. The molecule has 3 aromatic carbocycles. The summed E-state index contributed by atoms with van der Waals surface area (Å²) in [5.74, 6) is -4.08. The Balaban J connectivity index is 2.05. The van der Waals surface area contributed by atoms with E-state index in [2.05, 4.69) is 0 Å². The first kappa shape index (κ1) is 20.5. The number of carbonyl (C=O) groups is 1. The van der Waals surface area contributed by atoms with E-state index >= 15 is 0 Å². The van der Waals surface area contributed by atoms with E-state index in [0.29, 0.717) is 5.56 Å². The minimum absolute atomic E-state index is 0.0403. The Hall–Kier alpha value is -3.19. The monoisotopic (exact) mass is 394 g/mol. The van der Waals surface area contributed by atoms with Gasteiger partial charge in [0, 0.05) is 11.0 Å². The van der Waals surface area contributed by atoms with Gasteiger partial charge in [-0.3, -0.25) is 0 Å². The molecule has 0 aliphatic rings. The summed E-state index contributed by atoms with van der Waals surface area (Å²) in [6.07, 6.45) is 0. The van der Waals surface area contributed by atoms with E-state index < -0.39 is 11.9 Å². The lowest BCUT2D eigenvalue weighted by atomic mass is 9.77. The SMILES string of the molecule is CC(C)(c1ccc(O)cc1)c1ccc(-c2cc(C(=O)O)ccc2C(O)(O)O)cc1. The number of carboxylic acids is 1. The average molecular weight is 394 g/mol. The lowest BCUT2D eigenvalue weighted by Crippen LogP contribution is -2.25. The number of hydrogen-bond donors (Lipinski definition) is 5. The Morgan fingerprint density at radius 2 is 1.31 bits per heavy atom. The minimum atomic E-state index is -3.10. The van der Waals surface area contributed by atoms with Crippen molar-refractivity contribution in [3.8, 4) is 16.9 Å². The third-order valence-corrected chi connectivity index (χ3v) is 5.13. The number of aromatic hydroxyl groups is 1. The topological polar surface area (TPSA) is 118 Å². The number of rotatable bonds is 5. The van der Waals surface area contributed by atoms with Crippen LogP contribution in [-0.2, 0) is 11.4 Å². The number of phenols is 1. The zero-order valence-corrected chi connectivity index (χ0v) is 16.0. The Labute approximate surface area is 168 Å². The molecule has 0 heterocycles. The first-order chi connectivity index (χ1) is 13.5. The minimum Gasteiger partial charge on any atom is -0.508 e. The van der Waals surface area contributed by atoms with Crippen LogP contribution >= 0.6 is 0 Å². The largest absolute Gasteiger partial charge is 0.508 e. The van der Waals surface area contributed by atoms with Crippen LogP contribution in [-0.4, -0.2) is 31.5 Å². The molecule has 0 saturated carbocycles. The molecule has 0 saturated heterocycles. The zero-order valence-electron chi connectivity index (χ0n) is 16.0. The highest BCUT2D eigenvalue weighted by Gasteiger charge is 2.28. The van der Waals surface area contributed by atoms with Crippen molar-refractivity contribution in [3.63, 3.8) is 0 Å². The fourth-order valence-corrected chi connectivity index (χ4v) is 3.32. The van der Waals surface area contributed by atoms with E-state index in [1.807, 2.05) is 38.1 Å². The van der Waals surface area contributed by atoms with Crippen LogP contribution in [0.3, 0.4) is 0 Å². The standard InChI is InChI=1S/C23H22O6/c1-22(2,17-8-10-18(24)11-9-17)16-6-3-14(4-7-16)19-13-15(21(25)26)5-12-20(19)23(27,28)29/h3-13,24,27-29H,1-2H3,(H,25,26). The molecule has 0 aromatic heterocycles. The highest BCUT2D eigenvalue weighted by Crippen LogP contribution is 2.35. The van der Waals surface area contributed by atoms with Crippen LogP contribution in [0.25, 0.3) is 11.1 Å². The van der Waals surface area contributed by atoms with E-state index in [9.17, 15) is 30.3 Å². The number of carboxylic acid groups (broad SMARTS) is 1. The lowest BCUT2D eigenvalue weighted by Gasteiger charge is -2.26. The van der Waals surface area contributed by atoms with Gasteiger partial charge in [0.15, 0.2) is 0 Å². The van der Waals surface area contributed by atoms with E-state index in [4.69, 9.17) is 0 Å². The van der Waals surface area contributed by atoms with E-state index in [1.165, 1.54) is 18.2 Å². The van der Waals surface area contributed by atoms with Crippen molar-refractivity contribution in [2.45, 2.75) is 25.2 Å². The highest BCUT2D eigenvalue weighted by molar-refractivity contribution is 5.90. The second kappa shape index (κ2) is 7.33. The Kier molecular flexibility index (Phi) is 5.19. The fraction of sp³-hybridized carbons (Fsp3) is 0.174. The summed E-state index contributed by atoms with van der Waals surface area (Å²) in [5, 5.41) is 47.7. The van der Waals surface area contributed by atoms with Gasteiger partial charge in [0.05, 0.1) is 5.56 Å². The lowest BCUT2D eigenvalue weighted by molar-refractivity contribution is -0.323. The molecule has 0 bridgehead atoms. The third kappa shape index (κ3) is 4.14. The van der Waals surface area contributed by atoms with Gasteiger partial charge in [-0.05, 0) is 52.6 Å². The molecule has 0 radical (unpaired) electrons. The summed E-state index contributed by atoms with van der Waals surface area (Å²) in [5.41, 5.74) is 2.06. The Bertz CT molecular complexity index is 1030. The van der Waals surface area contributed by atoms with Gasteiger partial charge < -0.3 is 25.5 Å². The predicted molar refractivity (Wildman–Crippen MR) is 107 cm³/mol. The van der Waals surface area contributed by atoms with Crippen molar-refractivity contribution in [2.75, 3.05) is 0 Å². The summed E-state index contributed by atoms with van der Waals surface area (Å²) in [6.45, 7) is 4.07. The summed E-state index contributed by atoms with van der Waals surface area (Å²) >= 11 is 0. The van der Waals surface area contributed by atoms with Crippen molar-refractivity contribution in [3.05, 3.63) is 89.0 Å². The van der Waals surface area contributed by atoms with Crippen LogP contribution in [0.4, 0.5) is 0 Å². The molecular formula is C23H22O6. The van der Waals surface area contributed by atoms with E-state index in [0.717, 1.165) is 11.1 Å². The van der Waals surface area contributed by atoms with Gasteiger partial charge in [0.25, 0.3) is 0 Å². The first-order valence-corrected chi connectivity index (χ1v) is 8.95. The Morgan fingerprint density at radius 1 is 0.793 bits per heavy atom. The van der Waals surface area contributed by atoms with E-state index in [-0.39, 0.29) is 27.9 Å². The molecule has 6 nitrogen and oxygen atoms in total. The quantitative estimate of drug-likeness (QED) is 0.424. The van der Waals surface area contributed by atoms with Crippen molar-refractivity contribution >= 4 is 5.97 Å². The molecule has 3 rings (SSSR count).